The van der Waals surface area contributed by atoms with Gasteiger partial charge in [-0.3, -0.25) is 0 Å². The van der Waals surface area contributed by atoms with Crippen LogP contribution in [0.1, 0.15) is 56.0 Å². The fourth-order valence-corrected chi connectivity index (χ4v) is 3.97. The molecule has 3 aromatic rings. The number of nitrogens with zero attached hydrogens (tertiary/aromatic N) is 2. The Kier molecular flexibility index (Phi) is 8.68. The molecular formula is C26H28N2OS. The van der Waals surface area contributed by atoms with Gasteiger partial charge in [-0.2, -0.15) is 5.26 Å². The summed E-state index contributed by atoms with van der Waals surface area (Å²) >= 11 is 1.49. The first-order valence-corrected chi connectivity index (χ1v) is 11.5. The topological polar surface area (TPSA) is 45.9 Å². The summed E-state index contributed by atoms with van der Waals surface area (Å²) in [5.41, 5.74) is 3.50. The second kappa shape index (κ2) is 11.9. The molecule has 0 atom stereocenters. The molecule has 0 aliphatic heterocycles. The molecule has 0 aliphatic rings. The number of nitriles is 1. The summed E-state index contributed by atoms with van der Waals surface area (Å²) in [7, 11) is 0. The maximum Gasteiger partial charge on any atom is 0.134 e. The third-order valence-corrected chi connectivity index (χ3v) is 5.76. The van der Waals surface area contributed by atoms with E-state index in [2.05, 4.69) is 18.0 Å². The van der Waals surface area contributed by atoms with Gasteiger partial charge in [-0.1, -0.05) is 81.5 Å². The summed E-state index contributed by atoms with van der Waals surface area (Å²) < 4.78 is 5.84. The highest BCUT2D eigenvalue weighted by Gasteiger charge is 2.09. The number of aromatic nitrogens is 1. The van der Waals surface area contributed by atoms with E-state index in [1.165, 1.54) is 43.4 Å². The normalized spacial score (nSPS) is 11.3. The number of ether oxygens (including phenoxy) is 1. The Morgan fingerprint density at radius 2 is 1.73 bits per heavy atom. The molecule has 3 nitrogen and oxygen atoms in total. The number of thiazole rings is 1. The van der Waals surface area contributed by atoms with Crippen LogP contribution in [-0.2, 0) is 0 Å². The van der Waals surface area contributed by atoms with Crippen LogP contribution in [0.2, 0.25) is 0 Å². The number of hydrogen-bond acceptors (Lipinski definition) is 4. The summed E-state index contributed by atoms with van der Waals surface area (Å²) in [5, 5.41) is 12.4. The van der Waals surface area contributed by atoms with Gasteiger partial charge in [-0.25, -0.2) is 4.98 Å². The van der Waals surface area contributed by atoms with E-state index in [1.54, 1.807) is 0 Å². The van der Waals surface area contributed by atoms with Crippen LogP contribution in [0.25, 0.3) is 22.9 Å². The third-order valence-electron chi connectivity index (χ3n) is 4.88. The minimum atomic E-state index is 0.572. The number of benzene rings is 2. The first kappa shape index (κ1) is 21.8. The minimum absolute atomic E-state index is 0.572. The third kappa shape index (κ3) is 6.57. The molecule has 1 aromatic heterocycles. The van der Waals surface area contributed by atoms with Crippen LogP contribution in [-0.4, -0.2) is 11.6 Å². The van der Waals surface area contributed by atoms with Crippen LogP contribution < -0.4 is 4.74 Å². The zero-order valence-electron chi connectivity index (χ0n) is 17.5. The lowest BCUT2D eigenvalue weighted by Gasteiger charge is -2.06. The van der Waals surface area contributed by atoms with Crippen molar-refractivity contribution in [3.63, 3.8) is 0 Å². The second-order valence-electron chi connectivity index (χ2n) is 7.26. The molecule has 0 saturated carbocycles. The van der Waals surface area contributed by atoms with Crippen LogP contribution >= 0.6 is 11.3 Å². The lowest BCUT2D eigenvalue weighted by atomic mass is 10.1. The smallest absolute Gasteiger partial charge is 0.134 e. The molecule has 2 aromatic carbocycles. The van der Waals surface area contributed by atoms with E-state index in [9.17, 15) is 5.26 Å². The molecule has 30 heavy (non-hydrogen) atoms. The van der Waals surface area contributed by atoms with Crippen LogP contribution in [0.3, 0.4) is 0 Å². The predicted molar refractivity (Wildman–Crippen MR) is 126 cm³/mol. The maximum atomic E-state index is 9.62. The second-order valence-corrected chi connectivity index (χ2v) is 8.12. The van der Waals surface area contributed by atoms with Gasteiger partial charge < -0.3 is 4.74 Å². The zero-order chi connectivity index (χ0) is 21.0. The van der Waals surface area contributed by atoms with E-state index in [-0.39, 0.29) is 0 Å². The average Bonchev–Trinajstić information content (AvgIpc) is 3.28. The summed E-state index contributed by atoms with van der Waals surface area (Å²) in [6.07, 6.45) is 9.43. The van der Waals surface area contributed by atoms with Crippen molar-refractivity contribution in [2.75, 3.05) is 6.61 Å². The Labute approximate surface area is 183 Å². The van der Waals surface area contributed by atoms with Crippen LogP contribution in [0.4, 0.5) is 0 Å². The standard InChI is InChI=1S/C26H28N2OS/c1-2-3-4-5-6-10-17-29-24-15-13-21(14-16-24)18-23(19-27)26-28-25(20-30-26)22-11-8-7-9-12-22/h7-9,11-16,18,20H,2-6,10,17H2,1H3. The molecule has 0 aliphatic carbocycles. The highest BCUT2D eigenvalue weighted by molar-refractivity contribution is 7.11. The van der Waals surface area contributed by atoms with Gasteiger partial charge in [0.05, 0.1) is 17.9 Å². The van der Waals surface area contributed by atoms with Crippen LogP contribution in [0, 0.1) is 11.3 Å². The van der Waals surface area contributed by atoms with Gasteiger partial charge >= 0.3 is 0 Å². The Morgan fingerprint density at radius 1 is 1.00 bits per heavy atom. The lowest BCUT2D eigenvalue weighted by Crippen LogP contribution is -1.97. The van der Waals surface area contributed by atoms with Crippen LogP contribution in [0.5, 0.6) is 5.75 Å². The van der Waals surface area contributed by atoms with Crippen molar-refractivity contribution >= 4 is 23.0 Å². The quantitative estimate of drug-likeness (QED) is 0.239. The molecule has 0 N–H and O–H groups in total. The molecule has 3 rings (SSSR count). The molecule has 154 valence electrons. The Hall–Kier alpha value is -2.90. The van der Waals surface area contributed by atoms with E-state index < -0.39 is 0 Å². The fraction of sp³-hybridized carbons (Fsp3) is 0.308. The molecule has 0 radical (unpaired) electrons. The molecule has 4 heteroatoms. The maximum absolute atomic E-state index is 9.62. The summed E-state index contributed by atoms with van der Waals surface area (Å²) in [6.45, 7) is 2.99. The first-order chi connectivity index (χ1) is 14.8. The van der Waals surface area contributed by atoms with E-state index in [0.717, 1.165) is 40.6 Å². The average molecular weight is 417 g/mol. The van der Waals surface area contributed by atoms with E-state index in [0.29, 0.717) is 5.57 Å². The van der Waals surface area contributed by atoms with Gasteiger partial charge in [0.1, 0.15) is 16.8 Å². The Bertz CT molecular complexity index is 968. The number of unbranched alkanes of at least 4 members (excludes halogenated alkanes) is 5. The largest absolute Gasteiger partial charge is 0.494 e. The molecule has 0 fully saturated rings. The Morgan fingerprint density at radius 3 is 2.47 bits per heavy atom. The molecule has 0 saturated heterocycles. The monoisotopic (exact) mass is 416 g/mol. The number of allylic oxidation sites excluding steroid dienone is 1. The molecular weight excluding hydrogens is 388 g/mol. The van der Waals surface area contributed by atoms with Crippen molar-refractivity contribution in [1.82, 2.24) is 4.98 Å². The van der Waals surface area contributed by atoms with Gasteiger partial charge in [0.2, 0.25) is 0 Å². The fourth-order valence-electron chi connectivity index (χ4n) is 3.18. The van der Waals surface area contributed by atoms with Crippen molar-refractivity contribution in [1.29, 1.82) is 5.26 Å². The van der Waals surface area contributed by atoms with Gasteiger partial charge in [-0.15, -0.1) is 11.3 Å². The van der Waals surface area contributed by atoms with Crippen LogP contribution in [0.15, 0.2) is 60.0 Å². The van der Waals surface area contributed by atoms with E-state index in [4.69, 9.17) is 4.74 Å². The highest BCUT2D eigenvalue weighted by Crippen LogP contribution is 2.27. The van der Waals surface area contributed by atoms with Gasteiger partial charge in [0.15, 0.2) is 0 Å². The summed E-state index contributed by atoms with van der Waals surface area (Å²) in [6, 6.07) is 20.2. The van der Waals surface area contributed by atoms with Crippen molar-refractivity contribution in [2.24, 2.45) is 0 Å². The van der Waals surface area contributed by atoms with Gasteiger partial charge in [0, 0.05) is 10.9 Å². The van der Waals surface area contributed by atoms with Crippen molar-refractivity contribution in [2.45, 2.75) is 45.4 Å². The van der Waals surface area contributed by atoms with Gasteiger partial charge in [-0.05, 0) is 30.2 Å². The minimum Gasteiger partial charge on any atom is -0.494 e. The number of hydrogen-bond donors (Lipinski definition) is 0. The molecule has 1 heterocycles. The molecule has 0 unspecified atom stereocenters. The van der Waals surface area contributed by atoms with Gasteiger partial charge in [0.25, 0.3) is 0 Å². The SMILES string of the molecule is CCCCCCCCOc1ccc(C=C(C#N)c2nc(-c3ccccc3)cs2)cc1. The molecule has 0 spiro atoms. The van der Waals surface area contributed by atoms with Crippen molar-refractivity contribution < 1.29 is 4.74 Å². The van der Waals surface area contributed by atoms with E-state index >= 15 is 0 Å². The summed E-state index contributed by atoms with van der Waals surface area (Å²) in [4.78, 5) is 4.64. The first-order valence-electron chi connectivity index (χ1n) is 10.7. The zero-order valence-corrected chi connectivity index (χ0v) is 18.3. The van der Waals surface area contributed by atoms with E-state index in [1.807, 2.05) is 66.1 Å². The Balaban J connectivity index is 1.56. The summed E-state index contributed by atoms with van der Waals surface area (Å²) in [5.74, 6) is 0.875. The molecule has 0 bridgehead atoms. The predicted octanol–water partition coefficient (Wildman–Crippen LogP) is 7.61. The van der Waals surface area contributed by atoms with Crippen molar-refractivity contribution in [3.05, 3.63) is 70.5 Å². The molecule has 0 amide bonds. The van der Waals surface area contributed by atoms with Crippen molar-refractivity contribution in [3.8, 4) is 23.1 Å². The lowest BCUT2D eigenvalue weighted by molar-refractivity contribution is 0.304. The highest BCUT2D eigenvalue weighted by atomic mass is 32.1. The number of rotatable bonds is 11.